The van der Waals surface area contributed by atoms with Crippen LogP contribution in [0.5, 0.6) is 0 Å². The molecule has 0 aliphatic carbocycles. The van der Waals surface area contributed by atoms with Crippen molar-refractivity contribution in [2.75, 3.05) is 11.9 Å². The van der Waals surface area contributed by atoms with Gasteiger partial charge in [-0.05, 0) is 31.0 Å². The van der Waals surface area contributed by atoms with Crippen LogP contribution in [0.25, 0.3) is 0 Å². The van der Waals surface area contributed by atoms with E-state index < -0.39 is 0 Å². The number of rotatable bonds is 3. The zero-order chi connectivity index (χ0) is 10.7. The number of hydrogen-bond acceptors (Lipinski definition) is 3. The van der Waals surface area contributed by atoms with E-state index in [0.29, 0.717) is 6.04 Å². The third-order valence-electron chi connectivity index (χ3n) is 2.86. The first kappa shape index (κ1) is 10.5. The lowest BCUT2D eigenvalue weighted by Crippen LogP contribution is -2.26. The van der Waals surface area contributed by atoms with Gasteiger partial charge in [0.15, 0.2) is 0 Å². The minimum atomic E-state index is 0.100. The molecular formula is C12H17NO2. The van der Waals surface area contributed by atoms with Gasteiger partial charge >= 0.3 is 0 Å². The van der Waals surface area contributed by atoms with E-state index in [1.165, 1.54) is 0 Å². The molecule has 1 aliphatic heterocycles. The Morgan fingerprint density at radius 3 is 2.67 bits per heavy atom. The van der Waals surface area contributed by atoms with Gasteiger partial charge in [-0.15, -0.1) is 0 Å². The first-order valence-corrected chi connectivity index (χ1v) is 5.37. The molecule has 1 saturated heterocycles. The molecule has 15 heavy (non-hydrogen) atoms. The molecule has 0 radical (unpaired) electrons. The predicted octanol–water partition coefficient (Wildman–Crippen LogP) is 1.77. The monoisotopic (exact) mass is 207 g/mol. The summed E-state index contributed by atoms with van der Waals surface area (Å²) in [6.07, 6.45) is 1.34. The summed E-state index contributed by atoms with van der Waals surface area (Å²) in [6.45, 7) is 3.03. The van der Waals surface area contributed by atoms with Crippen LogP contribution in [0, 0.1) is 0 Å². The number of benzene rings is 1. The van der Waals surface area contributed by atoms with Crippen molar-refractivity contribution in [2.24, 2.45) is 0 Å². The lowest BCUT2D eigenvalue weighted by molar-refractivity contribution is 0.121. The smallest absolute Gasteiger partial charge is 0.0748 e. The Morgan fingerprint density at radius 1 is 1.40 bits per heavy atom. The van der Waals surface area contributed by atoms with Gasteiger partial charge in [0.2, 0.25) is 0 Å². The standard InChI is InChI=1S/C12H17NO2/c1-9-12(6-7-15-9)13-11-4-2-10(8-14)3-5-11/h2-5,9,12-14H,6-8H2,1H3. The van der Waals surface area contributed by atoms with Crippen LogP contribution in [-0.4, -0.2) is 23.9 Å². The van der Waals surface area contributed by atoms with E-state index >= 15 is 0 Å². The Balaban J connectivity index is 1.98. The molecule has 0 spiro atoms. The van der Waals surface area contributed by atoms with Gasteiger partial charge in [-0.2, -0.15) is 0 Å². The van der Waals surface area contributed by atoms with Gasteiger partial charge in [-0.1, -0.05) is 12.1 Å². The zero-order valence-electron chi connectivity index (χ0n) is 8.94. The number of hydrogen-bond donors (Lipinski definition) is 2. The molecule has 1 aromatic carbocycles. The van der Waals surface area contributed by atoms with Gasteiger partial charge < -0.3 is 15.2 Å². The molecule has 1 fully saturated rings. The highest BCUT2D eigenvalue weighted by Gasteiger charge is 2.23. The van der Waals surface area contributed by atoms with Gasteiger partial charge in [-0.25, -0.2) is 0 Å². The Bertz CT molecular complexity index is 310. The first-order chi connectivity index (χ1) is 7.29. The third kappa shape index (κ3) is 2.49. The number of ether oxygens (including phenoxy) is 1. The molecule has 2 rings (SSSR count). The van der Waals surface area contributed by atoms with E-state index in [-0.39, 0.29) is 12.7 Å². The summed E-state index contributed by atoms with van der Waals surface area (Å²) < 4.78 is 5.48. The minimum absolute atomic E-state index is 0.100. The quantitative estimate of drug-likeness (QED) is 0.793. The van der Waals surface area contributed by atoms with Crippen LogP contribution in [0.2, 0.25) is 0 Å². The maximum atomic E-state index is 8.91. The molecule has 1 heterocycles. The lowest BCUT2D eigenvalue weighted by atomic mass is 10.1. The van der Waals surface area contributed by atoms with Crippen molar-refractivity contribution in [1.29, 1.82) is 0 Å². The highest BCUT2D eigenvalue weighted by atomic mass is 16.5. The summed E-state index contributed by atoms with van der Waals surface area (Å²) in [5, 5.41) is 12.3. The predicted molar refractivity (Wildman–Crippen MR) is 59.8 cm³/mol. The molecule has 0 amide bonds. The summed E-state index contributed by atoms with van der Waals surface area (Å²) in [5.74, 6) is 0. The van der Waals surface area contributed by atoms with Crippen LogP contribution in [-0.2, 0) is 11.3 Å². The van der Waals surface area contributed by atoms with Crippen molar-refractivity contribution in [3.63, 3.8) is 0 Å². The molecule has 0 saturated carbocycles. The summed E-state index contributed by atoms with van der Waals surface area (Å²) in [7, 11) is 0. The van der Waals surface area contributed by atoms with Crippen LogP contribution in [0.1, 0.15) is 18.9 Å². The largest absolute Gasteiger partial charge is 0.392 e. The fraction of sp³-hybridized carbons (Fsp3) is 0.500. The second-order valence-electron chi connectivity index (χ2n) is 3.97. The number of aliphatic hydroxyl groups excluding tert-OH is 1. The van der Waals surface area contributed by atoms with Crippen LogP contribution in [0.3, 0.4) is 0 Å². The normalized spacial score (nSPS) is 25.5. The Kier molecular flexibility index (Phi) is 3.23. The second kappa shape index (κ2) is 4.64. The molecule has 1 aliphatic rings. The molecule has 2 atom stereocenters. The molecular weight excluding hydrogens is 190 g/mol. The summed E-state index contributed by atoms with van der Waals surface area (Å²) in [6, 6.07) is 8.27. The molecule has 2 N–H and O–H groups in total. The highest BCUT2D eigenvalue weighted by Crippen LogP contribution is 2.19. The van der Waals surface area contributed by atoms with Crippen LogP contribution < -0.4 is 5.32 Å². The zero-order valence-corrected chi connectivity index (χ0v) is 8.94. The third-order valence-corrected chi connectivity index (χ3v) is 2.86. The average Bonchev–Trinajstić information content (AvgIpc) is 2.66. The molecule has 3 nitrogen and oxygen atoms in total. The summed E-state index contributed by atoms with van der Waals surface area (Å²) >= 11 is 0. The first-order valence-electron chi connectivity index (χ1n) is 5.37. The maximum Gasteiger partial charge on any atom is 0.0748 e. The van der Waals surface area contributed by atoms with Crippen LogP contribution in [0.4, 0.5) is 5.69 Å². The van der Waals surface area contributed by atoms with Gasteiger partial charge in [0.25, 0.3) is 0 Å². The van der Waals surface area contributed by atoms with Crippen molar-refractivity contribution < 1.29 is 9.84 Å². The maximum absolute atomic E-state index is 8.91. The highest BCUT2D eigenvalue weighted by molar-refractivity contribution is 5.45. The van der Waals surface area contributed by atoms with E-state index in [1.54, 1.807) is 0 Å². The second-order valence-corrected chi connectivity index (χ2v) is 3.97. The fourth-order valence-corrected chi connectivity index (χ4v) is 1.84. The van der Waals surface area contributed by atoms with Gasteiger partial charge in [0, 0.05) is 12.3 Å². The molecule has 82 valence electrons. The van der Waals surface area contributed by atoms with E-state index in [4.69, 9.17) is 9.84 Å². The lowest BCUT2D eigenvalue weighted by Gasteiger charge is -2.17. The van der Waals surface area contributed by atoms with Crippen molar-refractivity contribution in [2.45, 2.75) is 32.1 Å². The Hall–Kier alpha value is -1.06. The summed E-state index contributed by atoms with van der Waals surface area (Å²) in [5.41, 5.74) is 2.03. The molecule has 0 aromatic heterocycles. The molecule has 0 bridgehead atoms. The number of aliphatic hydroxyl groups is 1. The van der Waals surface area contributed by atoms with E-state index in [2.05, 4.69) is 12.2 Å². The Labute approximate surface area is 90.1 Å². The van der Waals surface area contributed by atoms with Crippen molar-refractivity contribution in [3.8, 4) is 0 Å². The van der Waals surface area contributed by atoms with Gasteiger partial charge in [-0.3, -0.25) is 0 Å². The fourth-order valence-electron chi connectivity index (χ4n) is 1.84. The van der Waals surface area contributed by atoms with Gasteiger partial charge in [0.05, 0.1) is 18.8 Å². The van der Waals surface area contributed by atoms with E-state index in [9.17, 15) is 0 Å². The van der Waals surface area contributed by atoms with Crippen molar-refractivity contribution >= 4 is 5.69 Å². The SMILES string of the molecule is CC1OCCC1Nc1ccc(CO)cc1. The van der Waals surface area contributed by atoms with E-state index in [0.717, 1.165) is 24.3 Å². The topological polar surface area (TPSA) is 41.5 Å². The van der Waals surface area contributed by atoms with E-state index in [1.807, 2.05) is 24.3 Å². The van der Waals surface area contributed by atoms with Crippen LogP contribution >= 0.6 is 0 Å². The minimum Gasteiger partial charge on any atom is -0.392 e. The molecule has 2 unspecified atom stereocenters. The number of anilines is 1. The van der Waals surface area contributed by atoms with Crippen molar-refractivity contribution in [3.05, 3.63) is 29.8 Å². The molecule has 1 aromatic rings. The average molecular weight is 207 g/mol. The number of nitrogens with one attached hydrogen (secondary N) is 1. The molecule has 3 heteroatoms. The van der Waals surface area contributed by atoms with Crippen molar-refractivity contribution in [1.82, 2.24) is 0 Å². The summed E-state index contributed by atoms with van der Waals surface area (Å²) in [4.78, 5) is 0. The van der Waals surface area contributed by atoms with Crippen LogP contribution in [0.15, 0.2) is 24.3 Å². The van der Waals surface area contributed by atoms with Gasteiger partial charge in [0.1, 0.15) is 0 Å². The Morgan fingerprint density at radius 2 is 2.13 bits per heavy atom.